The molecule has 1 aliphatic heterocycles. The van der Waals surface area contributed by atoms with E-state index < -0.39 is 5.95 Å². The van der Waals surface area contributed by atoms with E-state index in [2.05, 4.69) is 10.1 Å². The van der Waals surface area contributed by atoms with Gasteiger partial charge in [-0.2, -0.15) is 4.39 Å². The summed E-state index contributed by atoms with van der Waals surface area (Å²) in [5.41, 5.74) is 3.17. The quantitative estimate of drug-likeness (QED) is 0.680. The van der Waals surface area contributed by atoms with Crippen molar-refractivity contribution in [3.8, 4) is 22.6 Å². The van der Waals surface area contributed by atoms with Crippen molar-refractivity contribution in [2.45, 2.75) is 26.4 Å². The minimum atomic E-state index is -0.588. The molecule has 3 heterocycles. The van der Waals surface area contributed by atoms with Crippen LogP contribution in [0.25, 0.3) is 22.6 Å². The number of hydrogen-bond acceptors (Lipinski definition) is 4. The topological polar surface area (TPSA) is 59.2 Å². The van der Waals surface area contributed by atoms with Crippen LogP contribution in [-0.2, 0) is 6.54 Å². The second-order valence-corrected chi connectivity index (χ2v) is 6.32. The third-order valence-corrected chi connectivity index (χ3v) is 4.39. The summed E-state index contributed by atoms with van der Waals surface area (Å²) in [6.07, 6.45) is 1.39. The number of halogens is 1. The lowest BCUT2D eigenvalue weighted by atomic mass is 10.0. The summed E-state index contributed by atoms with van der Waals surface area (Å²) in [6.45, 7) is 4.57. The van der Waals surface area contributed by atoms with E-state index in [1.54, 1.807) is 18.2 Å². The molecule has 126 valence electrons. The second-order valence-electron chi connectivity index (χ2n) is 6.32. The lowest BCUT2D eigenvalue weighted by Gasteiger charge is -2.19. The van der Waals surface area contributed by atoms with E-state index in [0.717, 1.165) is 16.7 Å². The largest absolute Gasteiger partial charge is 0.356 e. The van der Waals surface area contributed by atoms with Gasteiger partial charge in [-0.1, -0.05) is 11.2 Å². The second kappa shape index (κ2) is 5.81. The van der Waals surface area contributed by atoms with Crippen LogP contribution < -0.4 is 0 Å². The van der Waals surface area contributed by atoms with E-state index in [1.165, 1.54) is 6.20 Å². The zero-order valence-corrected chi connectivity index (χ0v) is 13.9. The highest BCUT2D eigenvalue weighted by atomic mass is 19.1. The molecule has 4 rings (SSSR count). The van der Waals surface area contributed by atoms with Crippen molar-refractivity contribution in [3.63, 3.8) is 0 Å². The van der Waals surface area contributed by atoms with Crippen LogP contribution in [0.15, 0.2) is 47.1 Å². The maximum atomic E-state index is 13.8. The van der Waals surface area contributed by atoms with Crippen LogP contribution in [0.4, 0.5) is 4.39 Å². The van der Waals surface area contributed by atoms with E-state index in [1.807, 2.05) is 36.9 Å². The van der Waals surface area contributed by atoms with Crippen molar-refractivity contribution in [1.29, 1.82) is 0 Å². The predicted octanol–water partition coefficient (Wildman–Crippen LogP) is 3.91. The summed E-state index contributed by atoms with van der Waals surface area (Å²) >= 11 is 0. The van der Waals surface area contributed by atoms with Gasteiger partial charge in [-0.05, 0) is 43.7 Å². The average molecular weight is 337 g/mol. The normalized spacial score (nSPS) is 13.6. The number of fused-ring (bicyclic) bond motifs is 1. The number of pyridine rings is 1. The maximum Gasteiger partial charge on any atom is 0.254 e. The van der Waals surface area contributed by atoms with Gasteiger partial charge in [0.2, 0.25) is 5.95 Å². The van der Waals surface area contributed by atoms with Crippen molar-refractivity contribution in [2.75, 3.05) is 0 Å². The van der Waals surface area contributed by atoms with Gasteiger partial charge < -0.3 is 9.42 Å². The first kappa shape index (κ1) is 15.5. The predicted molar refractivity (Wildman–Crippen MR) is 90.1 cm³/mol. The summed E-state index contributed by atoms with van der Waals surface area (Å²) in [7, 11) is 0. The van der Waals surface area contributed by atoms with Crippen molar-refractivity contribution in [3.05, 3.63) is 59.7 Å². The van der Waals surface area contributed by atoms with Gasteiger partial charge >= 0.3 is 0 Å². The molecule has 6 heteroatoms. The van der Waals surface area contributed by atoms with Crippen LogP contribution in [-0.4, -0.2) is 27.0 Å². The average Bonchev–Trinajstić information content (AvgIpc) is 3.20. The molecule has 1 aliphatic rings. The van der Waals surface area contributed by atoms with E-state index in [4.69, 9.17) is 4.52 Å². The Morgan fingerprint density at radius 1 is 1.20 bits per heavy atom. The van der Waals surface area contributed by atoms with Crippen LogP contribution in [0.5, 0.6) is 0 Å². The fraction of sp³-hybridized carbons (Fsp3) is 0.211. The van der Waals surface area contributed by atoms with Gasteiger partial charge in [-0.15, -0.1) is 0 Å². The smallest absolute Gasteiger partial charge is 0.254 e. The summed E-state index contributed by atoms with van der Waals surface area (Å²) in [5.74, 6) is -0.0155. The Kier molecular flexibility index (Phi) is 3.60. The number of carbonyl (C=O) groups is 1. The Morgan fingerprint density at radius 2 is 2.04 bits per heavy atom. The summed E-state index contributed by atoms with van der Waals surface area (Å²) in [6, 6.07) is 10.6. The van der Waals surface area contributed by atoms with E-state index in [-0.39, 0.29) is 11.9 Å². The van der Waals surface area contributed by atoms with E-state index >= 15 is 0 Å². The summed E-state index contributed by atoms with van der Waals surface area (Å²) < 4.78 is 19.2. The molecule has 0 aliphatic carbocycles. The molecule has 0 bridgehead atoms. The first-order valence-electron chi connectivity index (χ1n) is 8.06. The summed E-state index contributed by atoms with van der Waals surface area (Å²) in [5, 5.41) is 3.94. The van der Waals surface area contributed by atoms with Crippen LogP contribution in [0.2, 0.25) is 0 Å². The molecule has 0 atom stereocenters. The van der Waals surface area contributed by atoms with Gasteiger partial charge in [0.25, 0.3) is 5.91 Å². The standard InChI is InChI=1S/C19H16FN3O2/c1-11(2)23-10-13-8-12(5-6-14(13)19(23)24)17-9-16(22-25-17)15-4-3-7-21-18(15)20/h3-9,11H,10H2,1-2H3. The molecular weight excluding hydrogens is 321 g/mol. The third kappa shape index (κ3) is 2.59. The lowest BCUT2D eigenvalue weighted by Crippen LogP contribution is -2.30. The Bertz CT molecular complexity index is 965. The molecule has 1 aromatic carbocycles. The van der Waals surface area contributed by atoms with Gasteiger partial charge in [-0.3, -0.25) is 4.79 Å². The molecule has 0 unspecified atom stereocenters. The van der Waals surface area contributed by atoms with Gasteiger partial charge in [0.05, 0.1) is 5.56 Å². The van der Waals surface area contributed by atoms with Crippen LogP contribution >= 0.6 is 0 Å². The van der Waals surface area contributed by atoms with Gasteiger partial charge in [0.1, 0.15) is 5.69 Å². The lowest BCUT2D eigenvalue weighted by molar-refractivity contribution is 0.0730. The highest BCUT2D eigenvalue weighted by Crippen LogP contribution is 2.31. The molecule has 0 fully saturated rings. The Morgan fingerprint density at radius 3 is 2.80 bits per heavy atom. The number of rotatable bonds is 3. The number of amides is 1. The van der Waals surface area contributed by atoms with Crippen molar-refractivity contribution in [2.24, 2.45) is 0 Å². The van der Waals surface area contributed by atoms with E-state index in [9.17, 15) is 9.18 Å². The fourth-order valence-corrected chi connectivity index (χ4v) is 3.03. The molecule has 0 N–H and O–H groups in total. The molecule has 0 saturated heterocycles. The van der Waals surface area contributed by atoms with Crippen molar-refractivity contribution in [1.82, 2.24) is 15.0 Å². The molecule has 0 saturated carbocycles. The molecule has 0 spiro atoms. The number of nitrogens with zero attached hydrogens (tertiary/aromatic N) is 3. The number of benzene rings is 1. The SMILES string of the molecule is CC(C)N1Cc2cc(-c3cc(-c4cccnc4F)no3)ccc2C1=O. The highest BCUT2D eigenvalue weighted by molar-refractivity contribution is 5.99. The minimum Gasteiger partial charge on any atom is -0.356 e. The minimum absolute atomic E-state index is 0.0484. The number of carbonyl (C=O) groups excluding carboxylic acids is 1. The van der Waals surface area contributed by atoms with Crippen molar-refractivity contribution >= 4 is 5.91 Å². The van der Waals surface area contributed by atoms with Crippen LogP contribution in [0.3, 0.4) is 0 Å². The zero-order chi connectivity index (χ0) is 17.6. The molecular formula is C19H16FN3O2. The summed E-state index contributed by atoms with van der Waals surface area (Å²) in [4.78, 5) is 17.8. The Balaban J connectivity index is 1.68. The van der Waals surface area contributed by atoms with Gasteiger partial charge in [-0.25, -0.2) is 4.98 Å². The fourth-order valence-electron chi connectivity index (χ4n) is 3.03. The first-order chi connectivity index (χ1) is 12.0. The van der Waals surface area contributed by atoms with E-state index in [0.29, 0.717) is 23.6 Å². The Labute approximate surface area is 144 Å². The molecule has 3 aromatic rings. The highest BCUT2D eigenvalue weighted by Gasteiger charge is 2.29. The van der Waals surface area contributed by atoms with Crippen molar-refractivity contribution < 1.29 is 13.7 Å². The number of hydrogen-bond donors (Lipinski definition) is 0. The third-order valence-electron chi connectivity index (χ3n) is 4.39. The molecule has 25 heavy (non-hydrogen) atoms. The zero-order valence-electron chi connectivity index (χ0n) is 13.9. The van der Waals surface area contributed by atoms with Gasteiger partial charge in [0, 0.05) is 36.0 Å². The van der Waals surface area contributed by atoms with Crippen LogP contribution in [0, 0.1) is 5.95 Å². The number of aromatic nitrogens is 2. The van der Waals surface area contributed by atoms with Gasteiger partial charge in [0.15, 0.2) is 5.76 Å². The molecule has 2 aromatic heterocycles. The first-order valence-corrected chi connectivity index (χ1v) is 8.06. The monoisotopic (exact) mass is 337 g/mol. The maximum absolute atomic E-state index is 13.8. The molecule has 1 amide bonds. The van der Waals surface area contributed by atoms with Crippen LogP contribution in [0.1, 0.15) is 29.8 Å². The molecule has 5 nitrogen and oxygen atoms in total. The molecule has 0 radical (unpaired) electrons. The Hall–Kier alpha value is -3.02.